The highest BCUT2D eigenvalue weighted by molar-refractivity contribution is 8.33. The van der Waals surface area contributed by atoms with E-state index >= 15 is 0 Å². The topological polar surface area (TPSA) is 61.8 Å². The SMILES string of the molecule is CCOc1ccc(S(OS(=O)(=O)C(F)(F)C(F)(F)C(F)(F)C(F)(F)F)(c2ccccc2)c2ccc(OCC)cc2)cc1. The van der Waals surface area contributed by atoms with Crippen molar-refractivity contribution in [2.24, 2.45) is 0 Å². The molecule has 0 aliphatic carbocycles. The fourth-order valence-corrected chi connectivity index (χ4v) is 8.82. The highest BCUT2D eigenvalue weighted by Crippen LogP contribution is 2.71. The molecule has 0 saturated carbocycles. The van der Waals surface area contributed by atoms with Crippen LogP contribution in [0.3, 0.4) is 0 Å². The average Bonchev–Trinajstić information content (AvgIpc) is 2.92. The zero-order valence-corrected chi connectivity index (χ0v) is 23.3. The first-order valence-electron chi connectivity index (χ1n) is 11.9. The first-order chi connectivity index (χ1) is 19.4. The van der Waals surface area contributed by atoms with Gasteiger partial charge in [0.15, 0.2) is 0 Å². The average molecular weight is 651 g/mol. The van der Waals surface area contributed by atoms with E-state index in [9.17, 15) is 47.9 Å². The molecule has 42 heavy (non-hydrogen) atoms. The highest BCUT2D eigenvalue weighted by Gasteiger charge is 2.86. The minimum atomic E-state index is -7.48. The van der Waals surface area contributed by atoms with Crippen LogP contribution in [-0.2, 0) is 13.7 Å². The van der Waals surface area contributed by atoms with E-state index in [1.165, 1.54) is 78.9 Å². The van der Waals surface area contributed by atoms with Crippen LogP contribution in [0.15, 0.2) is 93.5 Å². The molecule has 0 radical (unpaired) electrons. The summed E-state index contributed by atoms with van der Waals surface area (Å²) in [4.78, 5) is -0.665. The molecule has 0 amide bonds. The summed E-state index contributed by atoms with van der Waals surface area (Å²) in [7, 11) is -11.4. The quantitative estimate of drug-likeness (QED) is 0.184. The third-order valence-corrected chi connectivity index (χ3v) is 10.9. The third-order valence-electron chi connectivity index (χ3n) is 5.63. The van der Waals surface area contributed by atoms with E-state index in [4.69, 9.17) is 13.1 Å². The molecule has 16 heteroatoms. The highest BCUT2D eigenvalue weighted by atomic mass is 32.3. The monoisotopic (exact) mass is 650 g/mol. The van der Waals surface area contributed by atoms with E-state index in [0.717, 1.165) is 0 Å². The molecule has 3 aromatic carbocycles. The third kappa shape index (κ3) is 5.75. The Bertz CT molecular complexity index is 1400. The molecular formula is C26H23F9O5S2. The number of rotatable bonds is 12. The van der Waals surface area contributed by atoms with Gasteiger partial charge in [-0.3, -0.25) is 0 Å². The summed E-state index contributed by atoms with van der Waals surface area (Å²) in [5.41, 5.74) is 0. The van der Waals surface area contributed by atoms with E-state index in [1.807, 2.05) is 0 Å². The van der Waals surface area contributed by atoms with Gasteiger partial charge in [-0.1, -0.05) is 18.2 Å². The van der Waals surface area contributed by atoms with Crippen molar-refractivity contribution < 1.29 is 61.0 Å². The number of hydrogen-bond donors (Lipinski definition) is 0. The summed E-state index contributed by atoms with van der Waals surface area (Å²) >= 11 is 0. The maximum absolute atomic E-state index is 14.9. The molecule has 0 aliphatic heterocycles. The van der Waals surface area contributed by atoms with Gasteiger partial charge >= 0.3 is 33.4 Å². The lowest BCUT2D eigenvalue weighted by Crippen LogP contribution is -2.63. The molecule has 0 saturated heterocycles. The minimum Gasteiger partial charge on any atom is -0.494 e. The van der Waals surface area contributed by atoms with Crippen molar-refractivity contribution in [3.05, 3.63) is 78.9 Å². The van der Waals surface area contributed by atoms with E-state index in [0.29, 0.717) is 0 Å². The first kappa shape index (κ1) is 33.4. The van der Waals surface area contributed by atoms with Crippen LogP contribution in [-0.4, -0.2) is 44.9 Å². The van der Waals surface area contributed by atoms with E-state index in [2.05, 4.69) is 0 Å². The van der Waals surface area contributed by atoms with Crippen LogP contribution in [0.25, 0.3) is 0 Å². The predicted octanol–water partition coefficient (Wildman–Crippen LogP) is 8.45. The Morgan fingerprint density at radius 2 is 0.952 bits per heavy atom. The Labute approximate surface area is 236 Å². The van der Waals surface area contributed by atoms with Crippen LogP contribution >= 0.6 is 10.3 Å². The molecule has 0 atom stereocenters. The molecule has 0 unspecified atom stereocenters. The molecule has 0 bridgehead atoms. The normalized spacial score (nSPS) is 14.0. The largest absolute Gasteiger partial charge is 0.494 e. The Kier molecular flexibility index (Phi) is 9.44. The smallest absolute Gasteiger partial charge is 0.460 e. The van der Waals surface area contributed by atoms with Crippen molar-refractivity contribution in [3.63, 3.8) is 0 Å². The number of alkyl halides is 9. The second-order valence-corrected chi connectivity index (χ2v) is 12.9. The van der Waals surface area contributed by atoms with Crippen molar-refractivity contribution in [2.75, 3.05) is 13.2 Å². The molecule has 0 spiro atoms. The predicted molar refractivity (Wildman–Crippen MR) is 135 cm³/mol. The van der Waals surface area contributed by atoms with Crippen LogP contribution in [0.5, 0.6) is 11.5 Å². The van der Waals surface area contributed by atoms with Gasteiger partial charge in [0.2, 0.25) is 0 Å². The van der Waals surface area contributed by atoms with Gasteiger partial charge < -0.3 is 9.47 Å². The first-order valence-corrected chi connectivity index (χ1v) is 14.9. The molecule has 0 N–H and O–H groups in total. The molecule has 0 aromatic heterocycles. The van der Waals surface area contributed by atoms with Crippen molar-refractivity contribution in [2.45, 2.75) is 51.8 Å². The van der Waals surface area contributed by atoms with E-state index < -0.39 is 43.7 Å². The van der Waals surface area contributed by atoms with Gasteiger partial charge in [-0.05, 0) is 84.8 Å². The summed E-state index contributed by atoms with van der Waals surface area (Å²) in [5.74, 6) is -14.5. The molecule has 3 rings (SSSR count). The van der Waals surface area contributed by atoms with Gasteiger partial charge in [-0.2, -0.15) is 47.9 Å². The van der Waals surface area contributed by atoms with Gasteiger partial charge in [0, 0.05) is 14.7 Å². The van der Waals surface area contributed by atoms with Crippen molar-refractivity contribution in [1.29, 1.82) is 0 Å². The van der Waals surface area contributed by atoms with Crippen molar-refractivity contribution >= 4 is 20.4 Å². The van der Waals surface area contributed by atoms with Crippen LogP contribution in [0.4, 0.5) is 39.5 Å². The number of benzene rings is 3. The number of hydrogen-bond acceptors (Lipinski definition) is 5. The molecule has 232 valence electrons. The van der Waals surface area contributed by atoms with Crippen LogP contribution in [0.2, 0.25) is 0 Å². The zero-order chi connectivity index (χ0) is 31.6. The van der Waals surface area contributed by atoms with Gasteiger partial charge in [0.1, 0.15) is 11.5 Å². The second kappa shape index (κ2) is 11.9. The Morgan fingerprint density at radius 1 is 0.571 bits per heavy atom. The van der Waals surface area contributed by atoms with Crippen molar-refractivity contribution in [1.82, 2.24) is 0 Å². The van der Waals surface area contributed by atoms with Crippen LogP contribution < -0.4 is 9.47 Å². The van der Waals surface area contributed by atoms with Crippen LogP contribution in [0.1, 0.15) is 13.8 Å². The maximum atomic E-state index is 14.9. The molecule has 0 heterocycles. The summed E-state index contributed by atoms with van der Waals surface area (Å²) in [6, 6.07) is 16.2. The molecule has 5 nitrogen and oxygen atoms in total. The van der Waals surface area contributed by atoms with E-state index in [-0.39, 0.29) is 39.4 Å². The summed E-state index contributed by atoms with van der Waals surface area (Å²) < 4.78 is 166. The second-order valence-electron chi connectivity index (χ2n) is 8.36. The lowest BCUT2D eigenvalue weighted by Gasteiger charge is -2.41. The molecule has 0 fully saturated rings. The van der Waals surface area contributed by atoms with Gasteiger partial charge in [-0.15, -0.1) is 0 Å². The molecular weight excluding hydrogens is 627 g/mol. The lowest BCUT2D eigenvalue weighted by atomic mass is 10.1. The van der Waals surface area contributed by atoms with Crippen LogP contribution in [0, 0.1) is 0 Å². The zero-order valence-electron chi connectivity index (χ0n) is 21.7. The van der Waals surface area contributed by atoms with E-state index in [1.54, 1.807) is 13.8 Å². The summed E-state index contributed by atoms with van der Waals surface area (Å²) in [6.45, 7) is 3.66. The molecule has 3 aromatic rings. The number of halogens is 9. The van der Waals surface area contributed by atoms with Crippen molar-refractivity contribution in [3.8, 4) is 11.5 Å². The number of ether oxygens (including phenoxy) is 2. The van der Waals surface area contributed by atoms with Gasteiger partial charge in [0.25, 0.3) is 0 Å². The fraction of sp³-hybridized carbons (Fsp3) is 0.308. The Morgan fingerprint density at radius 3 is 1.31 bits per heavy atom. The maximum Gasteiger partial charge on any atom is 0.460 e. The fourth-order valence-electron chi connectivity index (χ4n) is 3.62. The Balaban J connectivity index is 2.36. The lowest BCUT2D eigenvalue weighted by molar-refractivity contribution is -0.382. The van der Waals surface area contributed by atoms with Gasteiger partial charge in [0.05, 0.1) is 13.2 Å². The minimum absolute atomic E-state index is 0.189. The van der Waals surface area contributed by atoms with Gasteiger partial charge in [-0.25, -0.2) is 3.63 Å². The standard InChI is InChI=1S/C26H23F9O5S2/c1-3-38-18-10-14-21(15-11-18)41(20-8-6-5-7-9-20,22-16-12-19(13-17-22)39-4-2)40-42(36,37)26(34,35)24(29,30)23(27,28)25(31,32)33/h5-17H,3-4H2,1-2H3. The molecule has 0 aliphatic rings. The Hall–Kier alpha value is -3.11. The summed E-state index contributed by atoms with van der Waals surface area (Å²) in [5, 5.41) is -7.07. The summed E-state index contributed by atoms with van der Waals surface area (Å²) in [6.07, 6.45) is -7.23.